The zero-order valence-electron chi connectivity index (χ0n) is 10.4. The third-order valence-corrected chi connectivity index (χ3v) is 6.33. The van der Waals surface area contributed by atoms with Crippen LogP contribution in [0.2, 0.25) is 0 Å². The molecule has 4 aliphatic rings. The first-order valence-electron chi connectivity index (χ1n) is 7.45. The number of benzene rings is 1. The van der Waals surface area contributed by atoms with E-state index in [1.165, 1.54) is 12.8 Å². The second-order valence-corrected chi connectivity index (χ2v) is 7.00. The SMILES string of the molecule is c1ccc2c(c1)CCC21CC1(C1CC1)C1CC1. The molecule has 1 spiro atoms. The fourth-order valence-corrected chi connectivity index (χ4v) is 5.41. The minimum absolute atomic E-state index is 0.659. The summed E-state index contributed by atoms with van der Waals surface area (Å²) in [5, 5.41) is 0. The monoisotopic (exact) mass is 224 g/mol. The summed E-state index contributed by atoms with van der Waals surface area (Å²) in [5.41, 5.74) is 4.89. The van der Waals surface area contributed by atoms with Gasteiger partial charge in [0.25, 0.3) is 0 Å². The molecule has 1 unspecified atom stereocenters. The standard InChI is InChI=1S/C17H20/c1-2-4-15-12(3-1)9-10-16(15)11-17(16,13-5-6-13)14-7-8-14/h1-4,13-14H,5-11H2. The van der Waals surface area contributed by atoms with Crippen molar-refractivity contribution in [3.63, 3.8) is 0 Å². The van der Waals surface area contributed by atoms with Gasteiger partial charge in [-0.05, 0) is 73.3 Å². The van der Waals surface area contributed by atoms with Crippen LogP contribution in [0.5, 0.6) is 0 Å². The predicted molar refractivity (Wildman–Crippen MR) is 68.9 cm³/mol. The number of fused-ring (bicyclic) bond motifs is 2. The first-order chi connectivity index (χ1) is 8.37. The van der Waals surface area contributed by atoms with E-state index < -0.39 is 0 Å². The van der Waals surface area contributed by atoms with E-state index in [1.54, 1.807) is 43.2 Å². The Morgan fingerprint density at radius 2 is 1.65 bits per heavy atom. The summed E-state index contributed by atoms with van der Waals surface area (Å²) in [6.45, 7) is 0. The van der Waals surface area contributed by atoms with Crippen LogP contribution in [-0.4, -0.2) is 0 Å². The van der Waals surface area contributed by atoms with Crippen LogP contribution in [0.4, 0.5) is 0 Å². The van der Waals surface area contributed by atoms with E-state index in [9.17, 15) is 0 Å². The summed E-state index contributed by atoms with van der Waals surface area (Å²) in [4.78, 5) is 0. The average molecular weight is 224 g/mol. The molecule has 0 amide bonds. The summed E-state index contributed by atoms with van der Waals surface area (Å²) in [6.07, 6.45) is 10.5. The fraction of sp³-hybridized carbons (Fsp3) is 0.647. The molecule has 0 heterocycles. The lowest BCUT2D eigenvalue weighted by molar-refractivity contribution is 0.311. The number of hydrogen-bond acceptors (Lipinski definition) is 0. The molecule has 17 heavy (non-hydrogen) atoms. The van der Waals surface area contributed by atoms with E-state index >= 15 is 0 Å². The molecule has 1 atom stereocenters. The molecule has 3 fully saturated rings. The van der Waals surface area contributed by atoms with Crippen LogP contribution in [0, 0.1) is 17.3 Å². The third kappa shape index (κ3) is 0.939. The smallest absolute Gasteiger partial charge is 0.00267 e. The van der Waals surface area contributed by atoms with Crippen LogP contribution in [0.3, 0.4) is 0 Å². The first kappa shape index (κ1) is 9.19. The molecule has 0 saturated heterocycles. The van der Waals surface area contributed by atoms with Crippen LogP contribution < -0.4 is 0 Å². The highest BCUT2D eigenvalue weighted by atomic mass is 14.8. The van der Waals surface area contributed by atoms with Crippen LogP contribution in [0.1, 0.15) is 49.7 Å². The summed E-state index contributed by atoms with van der Waals surface area (Å²) >= 11 is 0. The van der Waals surface area contributed by atoms with E-state index in [2.05, 4.69) is 24.3 Å². The Bertz CT molecular complexity index is 481. The predicted octanol–water partition coefficient (Wildman–Crippen LogP) is 4.08. The topological polar surface area (TPSA) is 0 Å². The molecule has 0 radical (unpaired) electrons. The van der Waals surface area contributed by atoms with Gasteiger partial charge in [0.1, 0.15) is 0 Å². The summed E-state index contributed by atoms with van der Waals surface area (Å²) < 4.78 is 0. The van der Waals surface area contributed by atoms with E-state index in [0.717, 1.165) is 17.3 Å². The van der Waals surface area contributed by atoms with Crippen molar-refractivity contribution in [1.29, 1.82) is 0 Å². The van der Waals surface area contributed by atoms with Gasteiger partial charge in [0.15, 0.2) is 0 Å². The second kappa shape index (κ2) is 2.63. The van der Waals surface area contributed by atoms with E-state index in [0.29, 0.717) is 5.41 Å². The van der Waals surface area contributed by atoms with Crippen LogP contribution >= 0.6 is 0 Å². The Morgan fingerprint density at radius 1 is 0.941 bits per heavy atom. The van der Waals surface area contributed by atoms with Crippen molar-refractivity contribution in [2.75, 3.05) is 0 Å². The summed E-state index contributed by atoms with van der Waals surface area (Å²) in [6, 6.07) is 9.34. The molecule has 3 saturated carbocycles. The van der Waals surface area contributed by atoms with Gasteiger partial charge in [-0.1, -0.05) is 24.3 Å². The molecule has 1 aromatic carbocycles. The Balaban J connectivity index is 1.65. The third-order valence-electron chi connectivity index (χ3n) is 6.33. The van der Waals surface area contributed by atoms with Gasteiger partial charge in [-0.25, -0.2) is 0 Å². The van der Waals surface area contributed by atoms with Crippen molar-refractivity contribution in [3.8, 4) is 0 Å². The molecule has 1 aromatic rings. The summed E-state index contributed by atoms with van der Waals surface area (Å²) in [7, 11) is 0. The zero-order valence-corrected chi connectivity index (χ0v) is 10.4. The van der Waals surface area contributed by atoms with Crippen LogP contribution in [-0.2, 0) is 11.8 Å². The van der Waals surface area contributed by atoms with Crippen molar-refractivity contribution in [2.24, 2.45) is 17.3 Å². The molecule has 0 bridgehead atoms. The van der Waals surface area contributed by atoms with Gasteiger partial charge in [0.05, 0.1) is 0 Å². The molecular formula is C17H20. The second-order valence-electron chi connectivity index (χ2n) is 7.00. The Labute approximate surface area is 103 Å². The van der Waals surface area contributed by atoms with E-state index in [-0.39, 0.29) is 0 Å². The normalized spacial score (nSPS) is 37.2. The average Bonchev–Trinajstić information content (AvgIpc) is 3.20. The molecule has 0 N–H and O–H groups in total. The Kier molecular flexibility index (Phi) is 1.42. The number of hydrogen-bond donors (Lipinski definition) is 0. The molecule has 88 valence electrons. The van der Waals surface area contributed by atoms with Gasteiger partial charge in [0, 0.05) is 5.41 Å². The van der Waals surface area contributed by atoms with Gasteiger partial charge >= 0.3 is 0 Å². The van der Waals surface area contributed by atoms with Crippen LogP contribution in [0.15, 0.2) is 24.3 Å². The highest BCUT2D eigenvalue weighted by molar-refractivity contribution is 5.50. The van der Waals surface area contributed by atoms with Crippen molar-refractivity contribution < 1.29 is 0 Å². The molecule has 5 rings (SSSR count). The van der Waals surface area contributed by atoms with Gasteiger partial charge in [0.2, 0.25) is 0 Å². The van der Waals surface area contributed by atoms with E-state index in [4.69, 9.17) is 0 Å². The maximum atomic E-state index is 2.45. The lowest BCUT2D eigenvalue weighted by Gasteiger charge is -2.23. The molecule has 0 aromatic heterocycles. The maximum absolute atomic E-state index is 2.45. The van der Waals surface area contributed by atoms with Crippen molar-refractivity contribution in [2.45, 2.75) is 50.4 Å². The molecule has 0 nitrogen and oxygen atoms in total. The van der Waals surface area contributed by atoms with Crippen molar-refractivity contribution in [3.05, 3.63) is 35.4 Å². The Morgan fingerprint density at radius 3 is 2.35 bits per heavy atom. The largest absolute Gasteiger partial charge is 0.0620 e. The fourth-order valence-electron chi connectivity index (χ4n) is 5.41. The number of rotatable bonds is 2. The minimum atomic E-state index is 0.659. The van der Waals surface area contributed by atoms with E-state index in [1.807, 2.05) is 0 Å². The first-order valence-corrected chi connectivity index (χ1v) is 7.45. The molecule has 4 aliphatic carbocycles. The van der Waals surface area contributed by atoms with Gasteiger partial charge in [-0.3, -0.25) is 0 Å². The highest BCUT2D eigenvalue weighted by Gasteiger charge is 2.77. The lowest BCUT2D eigenvalue weighted by atomic mass is 9.80. The highest BCUT2D eigenvalue weighted by Crippen LogP contribution is 2.83. The minimum Gasteiger partial charge on any atom is -0.0620 e. The molecule has 0 heteroatoms. The number of aryl methyl sites for hydroxylation is 1. The molecular weight excluding hydrogens is 204 g/mol. The summed E-state index contributed by atoms with van der Waals surface area (Å²) in [5.74, 6) is 2.22. The van der Waals surface area contributed by atoms with Crippen LogP contribution in [0.25, 0.3) is 0 Å². The quantitative estimate of drug-likeness (QED) is 0.710. The lowest BCUT2D eigenvalue weighted by Crippen LogP contribution is -2.20. The van der Waals surface area contributed by atoms with Crippen molar-refractivity contribution in [1.82, 2.24) is 0 Å². The van der Waals surface area contributed by atoms with Crippen molar-refractivity contribution >= 4 is 0 Å². The van der Waals surface area contributed by atoms with Gasteiger partial charge in [-0.2, -0.15) is 0 Å². The van der Waals surface area contributed by atoms with Gasteiger partial charge < -0.3 is 0 Å². The molecule has 0 aliphatic heterocycles. The Hall–Kier alpha value is -0.780. The van der Waals surface area contributed by atoms with Gasteiger partial charge in [-0.15, -0.1) is 0 Å². The maximum Gasteiger partial charge on any atom is 0.00267 e. The zero-order chi connectivity index (χ0) is 11.1.